The Morgan fingerprint density at radius 1 is 1.26 bits per heavy atom. The molecule has 0 aliphatic heterocycles. The molecule has 0 aliphatic carbocycles. The summed E-state index contributed by atoms with van der Waals surface area (Å²) < 4.78 is 15.1. The van der Waals surface area contributed by atoms with Crippen molar-refractivity contribution in [3.05, 3.63) is 48.3 Å². The lowest BCUT2D eigenvalue weighted by atomic mass is 10.1. The Balaban J connectivity index is 2.26. The van der Waals surface area contributed by atoms with E-state index in [1.165, 1.54) is 37.6 Å². The van der Waals surface area contributed by atoms with Crippen molar-refractivity contribution >= 4 is 22.4 Å². The minimum atomic E-state index is -2.31. The number of rotatable bonds is 4. The molecule has 0 saturated carbocycles. The number of phenolic OH excluding ortho intramolecular Hbond substituents is 1. The van der Waals surface area contributed by atoms with Gasteiger partial charge in [0.05, 0.1) is 16.2 Å². The van der Waals surface area contributed by atoms with Crippen molar-refractivity contribution < 1.29 is 18.9 Å². The lowest BCUT2D eigenvalue weighted by Crippen LogP contribution is -2.22. The van der Waals surface area contributed by atoms with E-state index in [0.717, 1.165) is 0 Å². The number of pyridine rings is 1. The topological polar surface area (TPSA) is 109 Å². The number of phenols is 1. The smallest absolute Gasteiger partial charge is 0.286 e. The van der Waals surface area contributed by atoms with Crippen LogP contribution in [0.1, 0.15) is 10.4 Å². The van der Waals surface area contributed by atoms with Gasteiger partial charge in [-0.3, -0.25) is 18.8 Å². The van der Waals surface area contributed by atoms with E-state index in [0.29, 0.717) is 11.1 Å². The van der Waals surface area contributed by atoms with Gasteiger partial charge in [0.15, 0.2) is 0 Å². The summed E-state index contributed by atoms with van der Waals surface area (Å²) >= 11 is 0. The van der Waals surface area contributed by atoms with Gasteiger partial charge in [-0.2, -0.15) is 4.36 Å². The Hall–Kier alpha value is -2.74. The lowest BCUT2D eigenvalue weighted by Gasteiger charge is -2.03. The first-order valence-corrected chi connectivity index (χ1v) is 8.05. The average molecular weight is 333 g/mol. The van der Waals surface area contributed by atoms with Gasteiger partial charge in [-0.15, -0.1) is 0 Å². The average Bonchev–Trinajstić information content (AvgIpc) is 2.54. The van der Waals surface area contributed by atoms with Crippen molar-refractivity contribution in [2.24, 2.45) is 4.36 Å². The zero-order chi connectivity index (χ0) is 16.8. The maximum Gasteiger partial charge on any atom is 0.286 e. The molecule has 1 aromatic heterocycles. The first kappa shape index (κ1) is 16.6. The van der Waals surface area contributed by atoms with Gasteiger partial charge in [0.1, 0.15) is 11.5 Å². The van der Waals surface area contributed by atoms with Crippen LogP contribution in [0.15, 0.2) is 47.1 Å². The monoisotopic (exact) mass is 333 g/mol. The molecule has 23 heavy (non-hydrogen) atoms. The molecule has 8 heteroatoms. The van der Waals surface area contributed by atoms with Crippen LogP contribution in [0.4, 0.5) is 0 Å². The highest BCUT2D eigenvalue weighted by Crippen LogP contribution is 2.23. The molecule has 0 fully saturated rings. The molecular weight excluding hydrogens is 318 g/mol. The molecule has 1 heterocycles. The largest absolute Gasteiger partial charge is 0.508 e. The summed E-state index contributed by atoms with van der Waals surface area (Å²) in [5.74, 6) is -1.39. The van der Waals surface area contributed by atoms with Crippen LogP contribution in [-0.2, 0) is 15.4 Å². The third-order valence-corrected chi connectivity index (χ3v) is 3.89. The fourth-order valence-corrected chi connectivity index (χ4v) is 2.59. The summed E-state index contributed by atoms with van der Waals surface area (Å²) in [7, 11) is -0.900. The lowest BCUT2D eigenvalue weighted by molar-refractivity contribution is -0.118. The molecule has 120 valence electrons. The second kappa shape index (κ2) is 7.50. The van der Waals surface area contributed by atoms with Gasteiger partial charge in [-0.05, 0) is 23.8 Å². The minimum absolute atomic E-state index is 0.0950. The van der Waals surface area contributed by atoms with Crippen LogP contribution in [0.3, 0.4) is 0 Å². The zero-order valence-electron chi connectivity index (χ0n) is 12.3. The predicted octanol–water partition coefficient (Wildman–Crippen LogP) is 1.00. The number of hydrogen-bond acceptors (Lipinski definition) is 5. The molecule has 0 radical (unpaired) electrons. The molecule has 7 nitrogen and oxygen atoms in total. The van der Waals surface area contributed by atoms with E-state index < -0.39 is 22.4 Å². The fourth-order valence-electron chi connectivity index (χ4n) is 1.80. The number of hydrogen-bond donors (Lipinski definition) is 3. The first-order chi connectivity index (χ1) is 11.0. The molecule has 2 N–H and O–H groups in total. The SMILES string of the molecule is CNC(=O)C/[SH](=O)=N/C(=O)c1cncc(-c2cccc(O)c2)c1. The van der Waals surface area contributed by atoms with Crippen LogP contribution in [-0.4, -0.2) is 38.9 Å². The maximum atomic E-state index is 12.0. The molecule has 1 unspecified atom stereocenters. The Labute approximate surface area is 134 Å². The van der Waals surface area contributed by atoms with Gasteiger partial charge >= 0.3 is 0 Å². The molecule has 1 atom stereocenters. The quantitative estimate of drug-likeness (QED) is 0.724. The van der Waals surface area contributed by atoms with Gasteiger partial charge in [0.2, 0.25) is 5.91 Å². The van der Waals surface area contributed by atoms with E-state index in [4.69, 9.17) is 0 Å². The number of amides is 2. The Kier molecular flexibility index (Phi) is 5.42. The second-order valence-electron chi connectivity index (χ2n) is 4.60. The molecule has 0 saturated heterocycles. The van der Waals surface area contributed by atoms with E-state index in [9.17, 15) is 18.9 Å². The number of thiol groups is 1. The van der Waals surface area contributed by atoms with Crippen LogP contribution < -0.4 is 5.32 Å². The highest BCUT2D eigenvalue weighted by atomic mass is 32.2. The van der Waals surface area contributed by atoms with Crippen molar-refractivity contribution in [2.75, 3.05) is 12.8 Å². The van der Waals surface area contributed by atoms with Crippen LogP contribution in [0.5, 0.6) is 5.75 Å². The summed E-state index contributed by atoms with van der Waals surface area (Å²) in [5.41, 5.74) is 1.46. The number of aromatic nitrogens is 1. The molecule has 2 aromatic rings. The summed E-state index contributed by atoms with van der Waals surface area (Å²) in [6.07, 6.45) is 2.84. The molecule has 0 spiro atoms. The number of aromatic hydroxyl groups is 1. The normalized spacial score (nSPS) is 11.9. The van der Waals surface area contributed by atoms with Crippen LogP contribution in [0.2, 0.25) is 0 Å². The van der Waals surface area contributed by atoms with Crippen molar-refractivity contribution in [3.63, 3.8) is 0 Å². The van der Waals surface area contributed by atoms with Crippen LogP contribution >= 0.6 is 0 Å². The summed E-state index contributed by atoms with van der Waals surface area (Å²) in [6.45, 7) is 0. The molecule has 0 aliphatic rings. The Bertz CT molecular complexity index is 829. The number of nitrogens with zero attached hydrogens (tertiary/aromatic N) is 2. The number of carbonyl (C=O) groups excluding carboxylic acids is 2. The number of benzene rings is 1. The number of nitrogens with one attached hydrogen (secondary N) is 1. The highest BCUT2D eigenvalue weighted by Gasteiger charge is 2.09. The van der Waals surface area contributed by atoms with E-state index in [2.05, 4.69) is 14.7 Å². The van der Waals surface area contributed by atoms with Gasteiger partial charge in [-0.1, -0.05) is 12.1 Å². The van der Waals surface area contributed by atoms with E-state index in [-0.39, 0.29) is 17.1 Å². The standard InChI is InChI=1S/C15H15N3O4S/c1-16-14(20)9-23(22)18-15(21)12-5-11(7-17-8-12)10-3-2-4-13(19)6-10/h2-8,19,23H,9H2,1H3,(H,16,20). The third kappa shape index (κ3) is 4.62. The molecular formula is C15H15N3O4S. The molecule has 2 amide bonds. The highest BCUT2D eigenvalue weighted by molar-refractivity contribution is 7.76. The van der Waals surface area contributed by atoms with E-state index in [1.807, 2.05) is 0 Å². The minimum Gasteiger partial charge on any atom is -0.508 e. The zero-order valence-corrected chi connectivity index (χ0v) is 13.2. The molecule has 2 rings (SSSR count). The maximum absolute atomic E-state index is 12.0. The summed E-state index contributed by atoms with van der Waals surface area (Å²) in [5, 5.41) is 11.8. The van der Waals surface area contributed by atoms with Crippen LogP contribution in [0.25, 0.3) is 11.1 Å². The van der Waals surface area contributed by atoms with Crippen molar-refractivity contribution in [1.82, 2.24) is 10.3 Å². The van der Waals surface area contributed by atoms with Crippen molar-refractivity contribution in [2.45, 2.75) is 0 Å². The fraction of sp³-hybridized carbons (Fsp3) is 0.133. The van der Waals surface area contributed by atoms with Crippen molar-refractivity contribution in [1.29, 1.82) is 0 Å². The van der Waals surface area contributed by atoms with Crippen molar-refractivity contribution in [3.8, 4) is 16.9 Å². The number of carbonyl (C=O) groups is 2. The molecule has 0 bridgehead atoms. The van der Waals surface area contributed by atoms with Gasteiger partial charge in [0, 0.05) is 25.0 Å². The van der Waals surface area contributed by atoms with E-state index in [1.54, 1.807) is 12.1 Å². The second-order valence-corrected chi connectivity index (χ2v) is 5.82. The van der Waals surface area contributed by atoms with Gasteiger partial charge in [-0.25, -0.2) is 0 Å². The van der Waals surface area contributed by atoms with Gasteiger partial charge < -0.3 is 10.4 Å². The first-order valence-electron chi connectivity index (χ1n) is 6.65. The van der Waals surface area contributed by atoms with Gasteiger partial charge in [0.25, 0.3) is 5.91 Å². The third-order valence-electron chi connectivity index (χ3n) is 2.92. The Morgan fingerprint density at radius 2 is 2.04 bits per heavy atom. The van der Waals surface area contributed by atoms with E-state index >= 15 is 0 Å². The Morgan fingerprint density at radius 3 is 2.74 bits per heavy atom. The molecule has 1 aromatic carbocycles. The van der Waals surface area contributed by atoms with Crippen LogP contribution in [0, 0.1) is 0 Å². The predicted molar refractivity (Wildman–Crippen MR) is 86.6 cm³/mol. The summed E-state index contributed by atoms with van der Waals surface area (Å²) in [6, 6.07) is 8.04. The summed E-state index contributed by atoms with van der Waals surface area (Å²) in [4.78, 5) is 27.1.